The lowest BCUT2D eigenvalue weighted by Crippen LogP contribution is -2.42. The quantitative estimate of drug-likeness (QED) is 0.814. The molecule has 1 atom stereocenters. The Labute approximate surface area is 106 Å². The zero-order valence-electron chi connectivity index (χ0n) is 10.4. The Balaban J connectivity index is 2.49. The molecule has 1 aromatic heterocycles. The van der Waals surface area contributed by atoms with Crippen molar-refractivity contribution in [3.63, 3.8) is 0 Å². The number of thioether (sulfide) groups is 1. The normalized spacial score (nSPS) is 14.4. The van der Waals surface area contributed by atoms with E-state index in [2.05, 4.69) is 5.32 Å². The molecule has 0 aromatic carbocycles. The minimum Gasteiger partial charge on any atom is -0.456 e. The number of rotatable bonds is 6. The predicted octanol–water partition coefficient (Wildman–Crippen LogP) is 1.69. The molecule has 1 heterocycles. The molecule has 5 heteroatoms. The third kappa shape index (κ3) is 4.44. The highest BCUT2D eigenvalue weighted by molar-refractivity contribution is 7.98. The Morgan fingerprint density at radius 2 is 2.29 bits per heavy atom. The van der Waals surface area contributed by atoms with Gasteiger partial charge in [0.15, 0.2) is 5.76 Å². The third-order valence-electron chi connectivity index (χ3n) is 2.32. The maximum Gasteiger partial charge on any atom is 0.287 e. The van der Waals surface area contributed by atoms with Crippen LogP contribution in [-0.2, 0) is 6.42 Å². The first-order chi connectivity index (χ1) is 7.98. The molecule has 0 aliphatic heterocycles. The standard InChI is InChI=1S/C12H19NO3S/c1-4-9-5-6-10(16-9)11(14)13-7-12(2,15)8-17-3/h5-6,15H,4,7-8H2,1-3H3,(H,13,14)/t12-/m1/s1. The van der Waals surface area contributed by atoms with Gasteiger partial charge in [-0.25, -0.2) is 0 Å². The minimum absolute atomic E-state index is 0.217. The number of aliphatic hydroxyl groups is 1. The topological polar surface area (TPSA) is 62.5 Å². The number of hydrogen-bond donors (Lipinski definition) is 2. The highest BCUT2D eigenvalue weighted by atomic mass is 32.2. The summed E-state index contributed by atoms with van der Waals surface area (Å²) in [5.74, 6) is 1.37. The number of nitrogens with one attached hydrogen (secondary N) is 1. The lowest BCUT2D eigenvalue weighted by atomic mass is 10.1. The van der Waals surface area contributed by atoms with Gasteiger partial charge in [0.1, 0.15) is 5.76 Å². The molecule has 0 aliphatic carbocycles. The van der Waals surface area contributed by atoms with E-state index in [0.717, 1.165) is 12.2 Å². The van der Waals surface area contributed by atoms with Crippen LogP contribution in [0.25, 0.3) is 0 Å². The molecule has 4 nitrogen and oxygen atoms in total. The van der Waals surface area contributed by atoms with E-state index >= 15 is 0 Å². The van der Waals surface area contributed by atoms with Crippen molar-refractivity contribution < 1.29 is 14.3 Å². The number of amides is 1. The molecule has 0 spiro atoms. The Kier molecular flexibility index (Phi) is 5.08. The van der Waals surface area contributed by atoms with Gasteiger partial charge in [0.25, 0.3) is 5.91 Å². The fourth-order valence-corrected chi connectivity index (χ4v) is 2.13. The highest BCUT2D eigenvalue weighted by Gasteiger charge is 2.21. The summed E-state index contributed by atoms with van der Waals surface area (Å²) in [6.07, 6.45) is 2.67. The zero-order chi connectivity index (χ0) is 12.9. The van der Waals surface area contributed by atoms with E-state index < -0.39 is 5.60 Å². The van der Waals surface area contributed by atoms with E-state index in [1.165, 1.54) is 11.8 Å². The van der Waals surface area contributed by atoms with Gasteiger partial charge in [0.05, 0.1) is 5.60 Å². The maximum atomic E-state index is 11.7. The molecule has 1 rings (SSSR count). The largest absolute Gasteiger partial charge is 0.456 e. The van der Waals surface area contributed by atoms with Crippen molar-refractivity contribution in [1.29, 1.82) is 0 Å². The van der Waals surface area contributed by atoms with Crippen LogP contribution in [0.2, 0.25) is 0 Å². The van der Waals surface area contributed by atoms with Gasteiger partial charge in [-0.05, 0) is 25.3 Å². The van der Waals surface area contributed by atoms with Gasteiger partial charge in [0, 0.05) is 18.7 Å². The summed E-state index contributed by atoms with van der Waals surface area (Å²) >= 11 is 1.54. The van der Waals surface area contributed by atoms with E-state index in [0.29, 0.717) is 11.5 Å². The van der Waals surface area contributed by atoms with Crippen molar-refractivity contribution in [3.05, 3.63) is 23.7 Å². The van der Waals surface area contributed by atoms with Crippen LogP contribution < -0.4 is 5.32 Å². The number of furan rings is 1. The van der Waals surface area contributed by atoms with E-state index in [9.17, 15) is 9.90 Å². The highest BCUT2D eigenvalue weighted by Crippen LogP contribution is 2.11. The van der Waals surface area contributed by atoms with Crippen LogP contribution in [0.1, 0.15) is 30.2 Å². The van der Waals surface area contributed by atoms with Crippen LogP contribution in [0.4, 0.5) is 0 Å². The Morgan fingerprint density at radius 3 is 2.82 bits per heavy atom. The summed E-state index contributed by atoms with van der Waals surface area (Å²) < 4.78 is 5.32. The second-order valence-electron chi connectivity index (χ2n) is 4.23. The summed E-state index contributed by atoms with van der Waals surface area (Å²) in [7, 11) is 0. The fraction of sp³-hybridized carbons (Fsp3) is 0.583. The molecule has 0 radical (unpaired) electrons. The van der Waals surface area contributed by atoms with Crippen LogP contribution in [0.3, 0.4) is 0 Å². The molecular formula is C12H19NO3S. The average Bonchev–Trinajstić information content (AvgIpc) is 2.74. The molecule has 0 saturated carbocycles. The Bertz CT molecular complexity index is 374. The van der Waals surface area contributed by atoms with E-state index in [1.54, 1.807) is 19.1 Å². The van der Waals surface area contributed by atoms with Crippen LogP contribution >= 0.6 is 11.8 Å². The van der Waals surface area contributed by atoms with Gasteiger partial charge in [-0.15, -0.1) is 0 Å². The van der Waals surface area contributed by atoms with Gasteiger partial charge in [0.2, 0.25) is 0 Å². The van der Waals surface area contributed by atoms with Crippen LogP contribution in [0.15, 0.2) is 16.5 Å². The van der Waals surface area contributed by atoms with Crippen LogP contribution in [-0.4, -0.2) is 35.2 Å². The molecule has 17 heavy (non-hydrogen) atoms. The van der Waals surface area contributed by atoms with Gasteiger partial charge < -0.3 is 14.8 Å². The number of aryl methyl sites for hydroxylation is 1. The Morgan fingerprint density at radius 1 is 1.59 bits per heavy atom. The first-order valence-corrected chi connectivity index (χ1v) is 6.96. The van der Waals surface area contributed by atoms with Crippen molar-refractivity contribution >= 4 is 17.7 Å². The third-order valence-corrected chi connectivity index (χ3v) is 3.23. The van der Waals surface area contributed by atoms with Gasteiger partial charge in [-0.1, -0.05) is 6.92 Å². The van der Waals surface area contributed by atoms with E-state index in [1.807, 2.05) is 13.2 Å². The number of hydrogen-bond acceptors (Lipinski definition) is 4. The van der Waals surface area contributed by atoms with Gasteiger partial charge in [-0.2, -0.15) is 11.8 Å². The van der Waals surface area contributed by atoms with Crippen LogP contribution in [0.5, 0.6) is 0 Å². The lowest BCUT2D eigenvalue weighted by Gasteiger charge is -2.22. The second kappa shape index (κ2) is 6.12. The fourth-order valence-electron chi connectivity index (χ4n) is 1.41. The molecule has 1 aromatic rings. The summed E-state index contributed by atoms with van der Waals surface area (Å²) in [6, 6.07) is 3.44. The zero-order valence-corrected chi connectivity index (χ0v) is 11.3. The smallest absolute Gasteiger partial charge is 0.287 e. The first kappa shape index (κ1) is 14.1. The van der Waals surface area contributed by atoms with Crippen molar-refractivity contribution in [2.75, 3.05) is 18.6 Å². The van der Waals surface area contributed by atoms with Gasteiger partial charge >= 0.3 is 0 Å². The molecule has 0 unspecified atom stereocenters. The summed E-state index contributed by atoms with van der Waals surface area (Å²) in [5, 5.41) is 12.6. The summed E-state index contributed by atoms with van der Waals surface area (Å²) in [4.78, 5) is 11.7. The molecule has 96 valence electrons. The first-order valence-electron chi connectivity index (χ1n) is 5.56. The average molecular weight is 257 g/mol. The van der Waals surface area contributed by atoms with Crippen molar-refractivity contribution in [2.24, 2.45) is 0 Å². The molecular weight excluding hydrogens is 238 g/mol. The van der Waals surface area contributed by atoms with Crippen molar-refractivity contribution in [2.45, 2.75) is 25.9 Å². The molecule has 0 bridgehead atoms. The molecule has 0 fully saturated rings. The van der Waals surface area contributed by atoms with Crippen molar-refractivity contribution in [1.82, 2.24) is 5.32 Å². The van der Waals surface area contributed by atoms with E-state index in [-0.39, 0.29) is 12.5 Å². The summed E-state index contributed by atoms with van der Waals surface area (Å²) in [6.45, 7) is 3.88. The predicted molar refractivity (Wildman–Crippen MR) is 69.4 cm³/mol. The van der Waals surface area contributed by atoms with Crippen LogP contribution in [0, 0.1) is 0 Å². The monoisotopic (exact) mass is 257 g/mol. The van der Waals surface area contributed by atoms with E-state index in [4.69, 9.17) is 4.42 Å². The molecule has 2 N–H and O–H groups in total. The molecule has 0 saturated heterocycles. The number of carbonyl (C=O) groups excluding carboxylic acids is 1. The Hall–Kier alpha value is -0.940. The lowest BCUT2D eigenvalue weighted by molar-refractivity contribution is 0.0709. The number of carbonyl (C=O) groups is 1. The molecule has 1 amide bonds. The SMILES string of the molecule is CCc1ccc(C(=O)NC[C@@](C)(O)CSC)o1. The summed E-state index contributed by atoms with van der Waals surface area (Å²) in [5.41, 5.74) is -0.894. The second-order valence-corrected chi connectivity index (χ2v) is 5.10. The maximum absolute atomic E-state index is 11.7. The minimum atomic E-state index is -0.894. The molecule has 0 aliphatic rings. The van der Waals surface area contributed by atoms with Crippen molar-refractivity contribution in [3.8, 4) is 0 Å². The van der Waals surface area contributed by atoms with Gasteiger partial charge in [-0.3, -0.25) is 4.79 Å².